The summed E-state index contributed by atoms with van der Waals surface area (Å²) >= 11 is 0. The predicted octanol–water partition coefficient (Wildman–Crippen LogP) is 7.69. The van der Waals surface area contributed by atoms with Gasteiger partial charge in [0.1, 0.15) is 5.82 Å². The molecule has 0 radical (unpaired) electrons. The van der Waals surface area contributed by atoms with Crippen LogP contribution in [0.3, 0.4) is 0 Å². The molecule has 0 spiro atoms. The monoisotopic (exact) mass is 506 g/mol. The van der Waals surface area contributed by atoms with E-state index in [-0.39, 0.29) is 18.0 Å². The van der Waals surface area contributed by atoms with Gasteiger partial charge >= 0.3 is 0 Å². The maximum absolute atomic E-state index is 6.46. The molecule has 1 aromatic carbocycles. The normalized spacial score (nSPS) is 15.6. The summed E-state index contributed by atoms with van der Waals surface area (Å²) in [5.41, 5.74) is 11.3. The Kier molecular flexibility index (Phi) is 17.8. The molecule has 0 fully saturated rings. The minimum absolute atomic E-state index is 0.0939. The van der Waals surface area contributed by atoms with Crippen molar-refractivity contribution >= 4 is 5.69 Å². The van der Waals surface area contributed by atoms with Crippen molar-refractivity contribution in [3.63, 3.8) is 0 Å². The fourth-order valence-electron chi connectivity index (χ4n) is 4.14. The number of hydrogen-bond acceptors (Lipinski definition) is 4. The Labute approximate surface area is 228 Å². The SMILES string of the molecule is C=CC(N)C(/C(=C(/Nc1ccccc1)N(C)CC)C(C)NC)C(C)C.C=CC1=CCC=CC(C)=C1.CC. The van der Waals surface area contributed by atoms with Gasteiger partial charge in [0, 0.05) is 37.3 Å². The molecule has 0 saturated heterocycles. The van der Waals surface area contributed by atoms with Crippen molar-refractivity contribution < 1.29 is 0 Å². The summed E-state index contributed by atoms with van der Waals surface area (Å²) in [5.74, 6) is 1.71. The van der Waals surface area contributed by atoms with Gasteiger partial charge < -0.3 is 21.3 Å². The topological polar surface area (TPSA) is 53.3 Å². The van der Waals surface area contributed by atoms with Gasteiger partial charge in [-0.05, 0) is 63.4 Å². The molecule has 0 bridgehead atoms. The fourth-order valence-corrected chi connectivity index (χ4v) is 4.14. The van der Waals surface area contributed by atoms with Gasteiger partial charge in [0.05, 0.1) is 0 Å². The third-order valence-electron chi connectivity index (χ3n) is 6.33. The van der Waals surface area contributed by atoms with Crippen LogP contribution in [0, 0.1) is 11.8 Å². The number of rotatable bonds is 11. The van der Waals surface area contributed by atoms with Crippen molar-refractivity contribution in [3.8, 4) is 0 Å². The van der Waals surface area contributed by atoms with Crippen LogP contribution in [0.1, 0.15) is 54.9 Å². The third kappa shape index (κ3) is 11.8. The molecule has 1 aromatic rings. The molecule has 0 aliphatic heterocycles. The molecule has 1 aliphatic carbocycles. The van der Waals surface area contributed by atoms with E-state index in [1.807, 2.05) is 51.2 Å². The Morgan fingerprint density at radius 2 is 1.76 bits per heavy atom. The number of likely N-dealkylation sites (N-methyl/N-ethyl adjacent to an activating group) is 1. The Morgan fingerprint density at radius 3 is 2.24 bits per heavy atom. The van der Waals surface area contributed by atoms with Crippen LogP contribution in [0.25, 0.3) is 0 Å². The molecule has 206 valence electrons. The van der Waals surface area contributed by atoms with Gasteiger partial charge in [0.15, 0.2) is 0 Å². The fraction of sp³-hybridized carbons (Fsp3) is 0.455. The van der Waals surface area contributed by atoms with Crippen LogP contribution in [0.15, 0.2) is 102 Å². The van der Waals surface area contributed by atoms with Crippen molar-refractivity contribution in [1.82, 2.24) is 10.2 Å². The molecular formula is C33H54N4. The van der Waals surface area contributed by atoms with Gasteiger partial charge in [-0.15, -0.1) is 6.58 Å². The van der Waals surface area contributed by atoms with Crippen molar-refractivity contribution in [1.29, 1.82) is 0 Å². The van der Waals surface area contributed by atoms with Gasteiger partial charge in [-0.1, -0.05) is 94.5 Å². The van der Waals surface area contributed by atoms with E-state index in [9.17, 15) is 0 Å². The maximum Gasteiger partial charge on any atom is 0.107 e. The van der Waals surface area contributed by atoms with E-state index in [2.05, 4.69) is 107 Å². The van der Waals surface area contributed by atoms with Crippen LogP contribution < -0.4 is 16.4 Å². The molecular weight excluding hydrogens is 452 g/mol. The summed E-state index contributed by atoms with van der Waals surface area (Å²) in [6.45, 7) is 23.5. The van der Waals surface area contributed by atoms with Crippen molar-refractivity contribution in [2.45, 2.75) is 67.0 Å². The molecule has 1 aliphatic rings. The lowest BCUT2D eigenvalue weighted by Crippen LogP contribution is -2.42. The lowest BCUT2D eigenvalue weighted by Gasteiger charge is -2.36. The molecule has 37 heavy (non-hydrogen) atoms. The molecule has 4 N–H and O–H groups in total. The first-order valence-corrected chi connectivity index (χ1v) is 13.7. The van der Waals surface area contributed by atoms with Crippen LogP contribution in [-0.2, 0) is 0 Å². The van der Waals surface area contributed by atoms with Crippen molar-refractivity contribution in [3.05, 3.63) is 102 Å². The lowest BCUT2D eigenvalue weighted by molar-refractivity contribution is 0.353. The Morgan fingerprint density at radius 1 is 1.14 bits per heavy atom. The second-order valence-electron chi connectivity index (χ2n) is 9.34. The summed E-state index contributed by atoms with van der Waals surface area (Å²) in [6, 6.07) is 10.4. The minimum atomic E-state index is -0.0939. The highest BCUT2D eigenvalue weighted by molar-refractivity contribution is 5.49. The first kappa shape index (κ1) is 34.2. The number of nitrogens with zero attached hydrogens (tertiary/aromatic N) is 1. The third-order valence-corrected chi connectivity index (χ3v) is 6.33. The van der Waals surface area contributed by atoms with Crippen LogP contribution in [0.4, 0.5) is 5.69 Å². The molecule has 4 heteroatoms. The molecule has 0 heterocycles. The summed E-state index contributed by atoms with van der Waals surface area (Å²) in [4.78, 5) is 2.25. The molecule has 3 atom stereocenters. The molecule has 2 rings (SSSR count). The quantitative estimate of drug-likeness (QED) is 0.269. The van der Waals surface area contributed by atoms with Gasteiger partial charge in [0.2, 0.25) is 0 Å². The molecule has 4 nitrogen and oxygen atoms in total. The number of anilines is 1. The van der Waals surface area contributed by atoms with Gasteiger partial charge in [-0.3, -0.25) is 0 Å². The number of hydrogen-bond donors (Lipinski definition) is 3. The number of benzene rings is 1. The van der Waals surface area contributed by atoms with E-state index in [1.165, 1.54) is 16.7 Å². The van der Waals surface area contributed by atoms with Crippen LogP contribution in [-0.4, -0.2) is 37.6 Å². The zero-order valence-electron chi connectivity index (χ0n) is 25.0. The van der Waals surface area contributed by atoms with E-state index in [0.717, 1.165) is 24.5 Å². The molecule has 3 unspecified atom stereocenters. The number of para-hydroxylation sites is 1. The number of allylic oxidation sites excluding steroid dienone is 7. The second-order valence-corrected chi connectivity index (χ2v) is 9.34. The van der Waals surface area contributed by atoms with E-state index < -0.39 is 0 Å². The Hall–Kier alpha value is -2.82. The highest BCUT2D eigenvalue weighted by Crippen LogP contribution is 2.31. The zero-order chi connectivity index (χ0) is 28.4. The smallest absolute Gasteiger partial charge is 0.107 e. The standard InChI is InChI=1S/C21H36N4.C10H12.C2H6/c1-8-18(22)19(15(3)4)20(16(5)23-6)21(25(7)9-2)24-17-13-11-10-12-14-17;1-3-10-7-5-4-6-9(2)8-10;1-2/h8,10-16,18-19,23-24H,1,9,22H2,2-7H3;3-4,6-8H,1,5H2,2H3;1-2H3/b21-20-;;. The summed E-state index contributed by atoms with van der Waals surface area (Å²) in [7, 11) is 4.11. The summed E-state index contributed by atoms with van der Waals surface area (Å²) < 4.78 is 0. The van der Waals surface area contributed by atoms with Crippen LogP contribution in [0.5, 0.6) is 0 Å². The number of nitrogens with one attached hydrogen (secondary N) is 2. The maximum atomic E-state index is 6.46. The van der Waals surface area contributed by atoms with Gasteiger partial charge in [0.25, 0.3) is 0 Å². The highest BCUT2D eigenvalue weighted by Gasteiger charge is 2.30. The van der Waals surface area contributed by atoms with Gasteiger partial charge in [-0.2, -0.15) is 0 Å². The lowest BCUT2D eigenvalue weighted by atomic mass is 9.79. The Bertz CT molecular complexity index is 906. The largest absolute Gasteiger partial charge is 0.361 e. The molecule has 0 amide bonds. The first-order chi connectivity index (χ1) is 17.7. The molecule has 0 aromatic heterocycles. The van der Waals surface area contributed by atoms with E-state index >= 15 is 0 Å². The Balaban J connectivity index is 0.000000894. The highest BCUT2D eigenvalue weighted by atomic mass is 15.2. The molecule has 0 saturated carbocycles. The summed E-state index contributed by atoms with van der Waals surface area (Å²) in [6.07, 6.45) is 13.4. The minimum Gasteiger partial charge on any atom is -0.361 e. The van der Waals surface area contributed by atoms with E-state index in [0.29, 0.717) is 5.92 Å². The van der Waals surface area contributed by atoms with Crippen molar-refractivity contribution in [2.24, 2.45) is 17.6 Å². The number of nitrogens with two attached hydrogens (primary N) is 1. The summed E-state index contributed by atoms with van der Waals surface area (Å²) in [5, 5.41) is 7.05. The average Bonchev–Trinajstić information content (AvgIpc) is 3.14. The van der Waals surface area contributed by atoms with E-state index in [4.69, 9.17) is 5.73 Å². The first-order valence-electron chi connectivity index (χ1n) is 13.7. The van der Waals surface area contributed by atoms with E-state index in [1.54, 1.807) is 0 Å². The van der Waals surface area contributed by atoms with Gasteiger partial charge in [-0.25, -0.2) is 0 Å². The second kappa shape index (κ2) is 19.3. The van der Waals surface area contributed by atoms with Crippen molar-refractivity contribution in [2.75, 3.05) is 26.0 Å². The predicted molar refractivity (Wildman–Crippen MR) is 168 cm³/mol. The van der Waals surface area contributed by atoms with Crippen LogP contribution in [0.2, 0.25) is 0 Å². The zero-order valence-corrected chi connectivity index (χ0v) is 25.0. The average molecular weight is 507 g/mol. The van der Waals surface area contributed by atoms with Crippen LogP contribution >= 0.6 is 0 Å².